The molecule has 0 aromatic heterocycles. The summed E-state index contributed by atoms with van der Waals surface area (Å²) in [7, 11) is 1.97. The molecular weight excluding hydrogens is 274 g/mol. The normalized spacial score (nSPS) is 14.1. The van der Waals surface area contributed by atoms with Crippen LogP contribution in [0.4, 0.5) is 11.4 Å². The summed E-state index contributed by atoms with van der Waals surface area (Å²) in [5, 5.41) is 3.30. The third-order valence-electron chi connectivity index (χ3n) is 3.64. The van der Waals surface area contributed by atoms with Crippen LogP contribution in [0.2, 0.25) is 5.02 Å². The number of halogens is 1. The molecule has 0 aliphatic rings. The van der Waals surface area contributed by atoms with Gasteiger partial charge in [-0.05, 0) is 45.5 Å². The van der Waals surface area contributed by atoms with E-state index in [9.17, 15) is 4.79 Å². The maximum Gasteiger partial charge on any atom is 0.241 e. The molecule has 2 atom stereocenters. The van der Waals surface area contributed by atoms with Gasteiger partial charge in [-0.25, -0.2) is 0 Å². The second-order valence-corrected chi connectivity index (χ2v) is 5.61. The van der Waals surface area contributed by atoms with Crippen molar-refractivity contribution in [2.45, 2.75) is 45.7 Å². The number of likely N-dealkylation sites (N-methyl/N-ethyl adjacent to an activating group) is 1. The Morgan fingerprint density at radius 2 is 2.10 bits per heavy atom. The van der Waals surface area contributed by atoms with Crippen LogP contribution in [0.25, 0.3) is 0 Å². The molecule has 0 fully saturated rings. The topological polar surface area (TPSA) is 58.4 Å². The van der Waals surface area contributed by atoms with Crippen molar-refractivity contribution in [3.8, 4) is 0 Å². The van der Waals surface area contributed by atoms with E-state index in [1.807, 2.05) is 14.0 Å². The Morgan fingerprint density at radius 3 is 2.65 bits per heavy atom. The van der Waals surface area contributed by atoms with Gasteiger partial charge in [-0.15, -0.1) is 0 Å². The Hall–Kier alpha value is -1.26. The van der Waals surface area contributed by atoms with E-state index in [-0.39, 0.29) is 11.9 Å². The lowest BCUT2D eigenvalue weighted by molar-refractivity contribution is -0.121. The third-order valence-corrected chi connectivity index (χ3v) is 3.96. The predicted octanol–water partition coefficient (Wildman–Crippen LogP) is 3.37. The summed E-state index contributed by atoms with van der Waals surface area (Å²) in [5.41, 5.74) is 6.80. The van der Waals surface area contributed by atoms with Crippen molar-refractivity contribution in [1.82, 2.24) is 4.90 Å². The SMILES string of the molecule is CCCC(C)N(C)C(C)C(=O)Nc1ccc(N)cc1Cl. The molecule has 0 saturated carbocycles. The molecular formula is C15H24ClN3O. The molecule has 0 aliphatic heterocycles. The van der Waals surface area contributed by atoms with Gasteiger partial charge in [0, 0.05) is 11.7 Å². The smallest absolute Gasteiger partial charge is 0.241 e. The van der Waals surface area contributed by atoms with E-state index in [4.69, 9.17) is 17.3 Å². The van der Waals surface area contributed by atoms with Gasteiger partial charge < -0.3 is 11.1 Å². The molecule has 5 heteroatoms. The summed E-state index contributed by atoms with van der Waals surface area (Å²) < 4.78 is 0. The molecule has 112 valence electrons. The quantitative estimate of drug-likeness (QED) is 0.792. The van der Waals surface area contributed by atoms with Crippen molar-refractivity contribution in [3.63, 3.8) is 0 Å². The highest BCUT2D eigenvalue weighted by Gasteiger charge is 2.22. The van der Waals surface area contributed by atoms with E-state index in [2.05, 4.69) is 24.1 Å². The molecule has 0 aliphatic carbocycles. The summed E-state index contributed by atoms with van der Waals surface area (Å²) >= 11 is 6.06. The van der Waals surface area contributed by atoms with Crippen molar-refractivity contribution >= 4 is 28.9 Å². The van der Waals surface area contributed by atoms with Crippen LogP contribution in [0.15, 0.2) is 18.2 Å². The molecule has 4 nitrogen and oxygen atoms in total. The Bertz CT molecular complexity index is 464. The van der Waals surface area contributed by atoms with Gasteiger partial charge in [0.15, 0.2) is 0 Å². The van der Waals surface area contributed by atoms with Gasteiger partial charge in [0.2, 0.25) is 5.91 Å². The zero-order chi connectivity index (χ0) is 15.3. The first-order chi connectivity index (χ1) is 9.36. The first-order valence-corrected chi connectivity index (χ1v) is 7.32. The van der Waals surface area contributed by atoms with Crippen LogP contribution < -0.4 is 11.1 Å². The highest BCUT2D eigenvalue weighted by Crippen LogP contribution is 2.24. The monoisotopic (exact) mass is 297 g/mol. The molecule has 3 N–H and O–H groups in total. The maximum absolute atomic E-state index is 12.3. The van der Waals surface area contributed by atoms with Crippen LogP contribution in [-0.4, -0.2) is 29.9 Å². The lowest BCUT2D eigenvalue weighted by Gasteiger charge is -2.29. The van der Waals surface area contributed by atoms with Crippen LogP contribution in [-0.2, 0) is 4.79 Å². The van der Waals surface area contributed by atoms with Crippen molar-refractivity contribution in [3.05, 3.63) is 23.2 Å². The number of nitrogens with one attached hydrogen (secondary N) is 1. The average Bonchev–Trinajstić information content (AvgIpc) is 2.40. The van der Waals surface area contributed by atoms with Gasteiger partial charge in [0.25, 0.3) is 0 Å². The fourth-order valence-corrected chi connectivity index (χ4v) is 2.29. The summed E-state index contributed by atoms with van der Waals surface area (Å²) in [5.74, 6) is -0.0675. The second-order valence-electron chi connectivity index (χ2n) is 5.21. The highest BCUT2D eigenvalue weighted by atomic mass is 35.5. The zero-order valence-corrected chi connectivity index (χ0v) is 13.4. The Kier molecular flexibility index (Phi) is 6.30. The largest absolute Gasteiger partial charge is 0.399 e. The lowest BCUT2D eigenvalue weighted by Crippen LogP contribution is -2.44. The van der Waals surface area contributed by atoms with E-state index in [0.29, 0.717) is 22.4 Å². The van der Waals surface area contributed by atoms with Gasteiger partial charge in [0.05, 0.1) is 16.8 Å². The molecule has 0 spiro atoms. The molecule has 2 unspecified atom stereocenters. The van der Waals surface area contributed by atoms with E-state index in [0.717, 1.165) is 12.8 Å². The van der Waals surface area contributed by atoms with Crippen LogP contribution in [0.1, 0.15) is 33.6 Å². The van der Waals surface area contributed by atoms with Crippen LogP contribution >= 0.6 is 11.6 Å². The molecule has 0 bridgehead atoms. The van der Waals surface area contributed by atoms with E-state index >= 15 is 0 Å². The fourth-order valence-electron chi connectivity index (χ4n) is 2.06. The number of benzene rings is 1. The number of anilines is 2. The first-order valence-electron chi connectivity index (χ1n) is 6.94. The lowest BCUT2D eigenvalue weighted by atomic mass is 10.1. The minimum atomic E-state index is -0.217. The summed E-state index contributed by atoms with van der Waals surface area (Å²) in [6.45, 7) is 6.17. The molecule has 1 rings (SSSR count). The minimum Gasteiger partial charge on any atom is -0.399 e. The summed E-state index contributed by atoms with van der Waals surface area (Å²) in [4.78, 5) is 14.3. The Morgan fingerprint density at radius 1 is 1.45 bits per heavy atom. The van der Waals surface area contributed by atoms with Crippen LogP contribution in [0.3, 0.4) is 0 Å². The van der Waals surface area contributed by atoms with Crippen LogP contribution in [0.5, 0.6) is 0 Å². The van der Waals surface area contributed by atoms with Crippen molar-refractivity contribution in [2.75, 3.05) is 18.1 Å². The molecule has 0 heterocycles. The number of amides is 1. The standard InChI is InChI=1S/C15H24ClN3O/c1-5-6-10(2)19(4)11(3)15(20)18-14-8-7-12(17)9-13(14)16/h7-11H,5-6,17H2,1-4H3,(H,18,20). The number of nitrogens with two attached hydrogens (primary N) is 1. The summed E-state index contributed by atoms with van der Waals surface area (Å²) in [6.07, 6.45) is 2.17. The molecule has 0 saturated heterocycles. The van der Waals surface area contributed by atoms with Crippen molar-refractivity contribution in [2.24, 2.45) is 0 Å². The van der Waals surface area contributed by atoms with Gasteiger partial charge in [0.1, 0.15) is 0 Å². The zero-order valence-electron chi connectivity index (χ0n) is 12.6. The number of hydrogen-bond donors (Lipinski definition) is 2. The van der Waals surface area contributed by atoms with Crippen LogP contribution in [0, 0.1) is 0 Å². The number of nitrogen functional groups attached to an aromatic ring is 1. The summed E-state index contributed by atoms with van der Waals surface area (Å²) in [6, 6.07) is 5.21. The Balaban J connectivity index is 2.70. The van der Waals surface area contributed by atoms with E-state index in [1.54, 1.807) is 18.2 Å². The second kappa shape index (κ2) is 7.50. The van der Waals surface area contributed by atoms with Crippen molar-refractivity contribution in [1.29, 1.82) is 0 Å². The van der Waals surface area contributed by atoms with Gasteiger partial charge >= 0.3 is 0 Å². The highest BCUT2D eigenvalue weighted by molar-refractivity contribution is 6.34. The number of rotatable bonds is 6. The van der Waals surface area contributed by atoms with Gasteiger partial charge in [-0.1, -0.05) is 24.9 Å². The molecule has 0 radical (unpaired) electrons. The number of carbonyl (C=O) groups is 1. The van der Waals surface area contributed by atoms with Gasteiger partial charge in [-0.3, -0.25) is 9.69 Å². The molecule has 1 amide bonds. The third kappa shape index (κ3) is 4.39. The number of carbonyl (C=O) groups excluding carboxylic acids is 1. The maximum atomic E-state index is 12.3. The fraction of sp³-hybridized carbons (Fsp3) is 0.533. The average molecular weight is 298 g/mol. The number of nitrogens with zero attached hydrogens (tertiary/aromatic N) is 1. The Labute approximate surface area is 126 Å². The van der Waals surface area contributed by atoms with E-state index < -0.39 is 0 Å². The first kappa shape index (κ1) is 16.8. The minimum absolute atomic E-state index is 0.0675. The molecule has 1 aromatic carbocycles. The molecule has 1 aromatic rings. The van der Waals surface area contributed by atoms with Crippen molar-refractivity contribution < 1.29 is 4.79 Å². The number of hydrogen-bond acceptors (Lipinski definition) is 3. The predicted molar refractivity (Wildman–Crippen MR) is 86.1 cm³/mol. The molecule has 20 heavy (non-hydrogen) atoms. The van der Waals surface area contributed by atoms with Gasteiger partial charge in [-0.2, -0.15) is 0 Å². The van der Waals surface area contributed by atoms with E-state index in [1.165, 1.54) is 0 Å².